The van der Waals surface area contributed by atoms with E-state index in [1.54, 1.807) is 12.4 Å². The minimum Gasteiger partial charge on any atom is -0.492 e. The van der Waals surface area contributed by atoms with Gasteiger partial charge in [0, 0.05) is 43.1 Å². The summed E-state index contributed by atoms with van der Waals surface area (Å²) in [5.41, 5.74) is 6.60. The van der Waals surface area contributed by atoms with Crippen LogP contribution in [-0.2, 0) is 6.54 Å². The molecule has 0 spiro atoms. The summed E-state index contributed by atoms with van der Waals surface area (Å²) in [4.78, 5) is 6.45. The molecule has 2 N–H and O–H groups in total. The van der Waals surface area contributed by atoms with E-state index in [0.29, 0.717) is 25.2 Å². The van der Waals surface area contributed by atoms with Gasteiger partial charge in [-0.15, -0.1) is 0 Å². The molecular weight excluding hydrogens is 226 g/mol. The number of rotatable bonds is 7. The molecule has 1 aromatic rings. The molecule has 18 heavy (non-hydrogen) atoms. The van der Waals surface area contributed by atoms with Crippen LogP contribution in [0.25, 0.3) is 0 Å². The average molecular weight is 251 g/mol. The Bertz CT molecular complexity index is 345. The van der Waals surface area contributed by atoms with E-state index >= 15 is 0 Å². The van der Waals surface area contributed by atoms with E-state index in [4.69, 9.17) is 10.5 Å². The summed E-state index contributed by atoms with van der Waals surface area (Å²) in [5, 5.41) is 0. The maximum atomic E-state index is 5.80. The average Bonchev–Trinajstić information content (AvgIpc) is 2.34. The monoisotopic (exact) mass is 251 g/mol. The van der Waals surface area contributed by atoms with E-state index in [1.807, 2.05) is 6.07 Å². The standard InChI is InChI=1S/C14H25N3O/c1-11(2)17(12(3)4)7-8-18-14-5-6-16-10-13(14)9-15/h5-6,10-12H,7-9,15H2,1-4H3. The molecule has 1 aromatic heterocycles. The largest absolute Gasteiger partial charge is 0.492 e. The molecule has 0 saturated heterocycles. The van der Waals surface area contributed by atoms with Gasteiger partial charge in [0.2, 0.25) is 0 Å². The Balaban J connectivity index is 2.50. The first kappa shape index (κ1) is 14.9. The molecule has 1 heterocycles. The topological polar surface area (TPSA) is 51.4 Å². The summed E-state index contributed by atoms with van der Waals surface area (Å²) in [5.74, 6) is 0.847. The van der Waals surface area contributed by atoms with Gasteiger partial charge in [0.05, 0.1) is 0 Å². The zero-order valence-electron chi connectivity index (χ0n) is 11.9. The van der Waals surface area contributed by atoms with Crippen LogP contribution in [0.3, 0.4) is 0 Å². The molecule has 0 fully saturated rings. The summed E-state index contributed by atoms with van der Waals surface area (Å²) in [6.07, 6.45) is 3.50. The number of hydrogen-bond acceptors (Lipinski definition) is 4. The first-order chi connectivity index (χ1) is 8.56. The molecule has 102 valence electrons. The Morgan fingerprint density at radius 3 is 2.50 bits per heavy atom. The van der Waals surface area contributed by atoms with Crippen molar-refractivity contribution in [3.05, 3.63) is 24.0 Å². The van der Waals surface area contributed by atoms with Crippen LogP contribution in [0.15, 0.2) is 18.5 Å². The Hall–Kier alpha value is -1.13. The number of aromatic nitrogens is 1. The van der Waals surface area contributed by atoms with Crippen LogP contribution >= 0.6 is 0 Å². The molecule has 4 heteroatoms. The van der Waals surface area contributed by atoms with Crippen molar-refractivity contribution < 1.29 is 4.74 Å². The molecule has 0 unspecified atom stereocenters. The molecule has 0 atom stereocenters. The lowest BCUT2D eigenvalue weighted by Gasteiger charge is -2.30. The van der Waals surface area contributed by atoms with Crippen LogP contribution in [0, 0.1) is 0 Å². The Labute approximate surface area is 110 Å². The van der Waals surface area contributed by atoms with Crippen molar-refractivity contribution in [1.29, 1.82) is 0 Å². The smallest absolute Gasteiger partial charge is 0.126 e. The molecule has 0 aliphatic carbocycles. The molecule has 0 radical (unpaired) electrons. The fourth-order valence-corrected chi connectivity index (χ4v) is 2.08. The van der Waals surface area contributed by atoms with Gasteiger partial charge in [-0.25, -0.2) is 0 Å². The second-order valence-electron chi connectivity index (χ2n) is 4.96. The van der Waals surface area contributed by atoms with Gasteiger partial charge in [0.25, 0.3) is 0 Å². The van der Waals surface area contributed by atoms with Gasteiger partial charge in [-0.1, -0.05) is 0 Å². The number of nitrogens with zero attached hydrogens (tertiary/aromatic N) is 2. The minimum atomic E-state index is 0.460. The van der Waals surface area contributed by atoms with E-state index < -0.39 is 0 Å². The first-order valence-corrected chi connectivity index (χ1v) is 6.57. The maximum Gasteiger partial charge on any atom is 0.126 e. The van der Waals surface area contributed by atoms with Gasteiger partial charge in [-0.2, -0.15) is 0 Å². The summed E-state index contributed by atoms with van der Waals surface area (Å²) in [6, 6.07) is 2.93. The van der Waals surface area contributed by atoms with E-state index in [9.17, 15) is 0 Å². The Kier molecular flexibility index (Phi) is 6.09. The van der Waals surface area contributed by atoms with Crippen molar-refractivity contribution in [2.45, 2.75) is 46.3 Å². The van der Waals surface area contributed by atoms with Crippen molar-refractivity contribution in [1.82, 2.24) is 9.88 Å². The SMILES string of the molecule is CC(C)N(CCOc1ccncc1CN)C(C)C. The van der Waals surface area contributed by atoms with Crippen molar-refractivity contribution in [2.24, 2.45) is 5.73 Å². The van der Waals surface area contributed by atoms with Crippen molar-refractivity contribution in [2.75, 3.05) is 13.2 Å². The van der Waals surface area contributed by atoms with E-state index in [0.717, 1.165) is 17.9 Å². The molecule has 4 nitrogen and oxygen atoms in total. The third-order valence-electron chi connectivity index (χ3n) is 3.01. The highest BCUT2D eigenvalue weighted by molar-refractivity contribution is 5.29. The number of pyridine rings is 1. The van der Waals surface area contributed by atoms with Crippen LogP contribution in [0.1, 0.15) is 33.3 Å². The molecule has 0 aliphatic heterocycles. The molecular formula is C14H25N3O. The molecule has 0 bridgehead atoms. The van der Waals surface area contributed by atoms with Gasteiger partial charge < -0.3 is 10.5 Å². The van der Waals surface area contributed by atoms with Gasteiger partial charge in [-0.05, 0) is 33.8 Å². The highest BCUT2D eigenvalue weighted by Crippen LogP contribution is 2.15. The molecule has 0 aliphatic rings. The summed E-state index contributed by atoms with van der Waals surface area (Å²) < 4.78 is 5.80. The number of nitrogens with two attached hydrogens (primary N) is 1. The van der Waals surface area contributed by atoms with Gasteiger partial charge >= 0.3 is 0 Å². The second kappa shape index (κ2) is 7.34. The lowest BCUT2D eigenvalue weighted by molar-refractivity contribution is 0.141. The number of hydrogen-bond donors (Lipinski definition) is 1. The number of ether oxygens (including phenoxy) is 1. The quantitative estimate of drug-likeness (QED) is 0.805. The lowest BCUT2D eigenvalue weighted by Crippen LogP contribution is -2.39. The highest BCUT2D eigenvalue weighted by Gasteiger charge is 2.13. The van der Waals surface area contributed by atoms with Crippen LogP contribution in [-0.4, -0.2) is 35.1 Å². The van der Waals surface area contributed by atoms with E-state index in [1.165, 1.54) is 0 Å². The molecule has 0 amide bonds. The van der Waals surface area contributed by atoms with Crippen LogP contribution in [0.2, 0.25) is 0 Å². The molecule has 0 aromatic carbocycles. The van der Waals surface area contributed by atoms with Gasteiger partial charge in [0.1, 0.15) is 12.4 Å². The third-order valence-corrected chi connectivity index (χ3v) is 3.01. The molecule has 1 rings (SSSR count). The Morgan fingerprint density at radius 1 is 1.28 bits per heavy atom. The van der Waals surface area contributed by atoms with Crippen molar-refractivity contribution >= 4 is 0 Å². The first-order valence-electron chi connectivity index (χ1n) is 6.57. The normalized spacial score (nSPS) is 11.6. The Morgan fingerprint density at radius 2 is 1.94 bits per heavy atom. The second-order valence-corrected chi connectivity index (χ2v) is 4.96. The maximum absolute atomic E-state index is 5.80. The highest BCUT2D eigenvalue weighted by atomic mass is 16.5. The summed E-state index contributed by atoms with van der Waals surface area (Å²) >= 11 is 0. The van der Waals surface area contributed by atoms with Crippen LogP contribution in [0.5, 0.6) is 5.75 Å². The zero-order valence-corrected chi connectivity index (χ0v) is 11.9. The van der Waals surface area contributed by atoms with E-state index in [-0.39, 0.29) is 0 Å². The molecule has 0 saturated carbocycles. The van der Waals surface area contributed by atoms with E-state index in [2.05, 4.69) is 37.6 Å². The summed E-state index contributed by atoms with van der Waals surface area (Å²) in [6.45, 7) is 10.9. The van der Waals surface area contributed by atoms with Crippen LogP contribution in [0.4, 0.5) is 0 Å². The minimum absolute atomic E-state index is 0.460. The third kappa shape index (κ3) is 4.27. The lowest BCUT2D eigenvalue weighted by atomic mass is 10.2. The predicted octanol–water partition coefficient (Wildman–Crippen LogP) is 2.04. The van der Waals surface area contributed by atoms with Crippen molar-refractivity contribution in [3.63, 3.8) is 0 Å². The van der Waals surface area contributed by atoms with Gasteiger partial charge in [-0.3, -0.25) is 9.88 Å². The summed E-state index contributed by atoms with van der Waals surface area (Å²) in [7, 11) is 0. The van der Waals surface area contributed by atoms with Crippen molar-refractivity contribution in [3.8, 4) is 5.75 Å². The zero-order chi connectivity index (χ0) is 13.5. The fraction of sp³-hybridized carbons (Fsp3) is 0.643. The fourth-order valence-electron chi connectivity index (χ4n) is 2.08. The van der Waals surface area contributed by atoms with Crippen LogP contribution < -0.4 is 10.5 Å². The predicted molar refractivity (Wildman–Crippen MR) is 74.6 cm³/mol. The van der Waals surface area contributed by atoms with Gasteiger partial charge in [0.15, 0.2) is 0 Å².